The minimum absolute atomic E-state index is 0.0230. The minimum Gasteiger partial charge on any atom is -0.372 e. The Balaban J connectivity index is 1.95. The second-order valence-corrected chi connectivity index (χ2v) is 5.70. The number of amides is 1. The summed E-state index contributed by atoms with van der Waals surface area (Å²) in [6.45, 7) is 4.64. The predicted octanol–water partition coefficient (Wildman–Crippen LogP) is 1.98. The van der Waals surface area contributed by atoms with E-state index in [2.05, 4.69) is 29.2 Å². The topological polar surface area (TPSA) is 49.6 Å². The molecule has 1 amide bonds. The van der Waals surface area contributed by atoms with Gasteiger partial charge in [-0.1, -0.05) is 12.1 Å². The molecular formula is C16H25N3O. The third-order valence-electron chi connectivity index (χ3n) is 3.84. The van der Waals surface area contributed by atoms with Gasteiger partial charge in [0, 0.05) is 32.4 Å². The maximum absolute atomic E-state index is 11.8. The zero-order chi connectivity index (χ0) is 14.5. The largest absolute Gasteiger partial charge is 0.372 e. The van der Waals surface area contributed by atoms with Crippen molar-refractivity contribution >= 4 is 11.6 Å². The zero-order valence-corrected chi connectivity index (χ0v) is 12.5. The molecule has 0 aromatic heterocycles. The maximum atomic E-state index is 11.8. The van der Waals surface area contributed by atoms with E-state index < -0.39 is 6.04 Å². The number of hydrogen-bond donors (Lipinski definition) is 1. The summed E-state index contributed by atoms with van der Waals surface area (Å²) in [6, 6.07) is 8.09. The van der Waals surface area contributed by atoms with Crippen LogP contribution in [0.3, 0.4) is 0 Å². The Hall–Kier alpha value is -1.55. The van der Waals surface area contributed by atoms with Crippen molar-refractivity contribution in [1.82, 2.24) is 4.90 Å². The van der Waals surface area contributed by atoms with Crippen molar-refractivity contribution in [1.29, 1.82) is 0 Å². The van der Waals surface area contributed by atoms with Crippen LogP contribution in [0.5, 0.6) is 0 Å². The maximum Gasteiger partial charge on any atom is 0.239 e. The Bertz CT molecular complexity index is 436. The van der Waals surface area contributed by atoms with Gasteiger partial charge in [-0.3, -0.25) is 4.79 Å². The second kappa shape index (κ2) is 6.75. The van der Waals surface area contributed by atoms with Gasteiger partial charge in [-0.2, -0.15) is 0 Å². The van der Waals surface area contributed by atoms with Crippen LogP contribution in [-0.4, -0.2) is 37.0 Å². The number of piperidine rings is 1. The lowest BCUT2D eigenvalue weighted by Gasteiger charge is -2.29. The van der Waals surface area contributed by atoms with Crippen LogP contribution in [0.4, 0.5) is 5.69 Å². The van der Waals surface area contributed by atoms with Crippen LogP contribution in [-0.2, 0) is 11.3 Å². The Morgan fingerprint density at radius 3 is 2.40 bits per heavy atom. The minimum atomic E-state index is -0.437. The molecule has 4 nitrogen and oxygen atoms in total. The predicted molar refractivity (Wildman–Crippen MR) is 82.6 cm³/mol. The highest BCUT2D eigenvalue weighted by Crippen LogP contribution is 2.20. The quantitative estimate of drug-likeness (QED) is 0.914. The Kier molecular flexibility index (Phi) is 5.01. The first kappa shape index (κ1) is 14.9. The summed E-state index contributed by atoms with van der Waals surface area (Å²) in [5, 5.41) is 0. The van der Waals surface area contributed by atoms with Crippen molar-refractivity contribution in [2.45, 2.75) is 38.8 Å². The van der Waals surface area contributed by atoms with E-state index in [1.54, 1.807) is 18.9 Å². The van der Waals surface area contributed by atoms with Crippen LogP contribution < -0.4 is 10.6 Å². The summed E-state index contributed by atoms with van der Waals surface area (Å²) < 4.78 is 0. The van der Waals surface area contributed by atoms with Crippen molar-refractivity contribution in [2.75, 3.05) is 25.0 Å². The van der Waals surface area contributed by atoms with E-state index in [4.69, 9.17) is 5.73 Å². The lowest BCUT2D eigenvalue weighted by Crippen LogP contribution is -2.39. The normalized spacial score (nSPS) is 16.9. The number of nitrogens with two attached hydrogens (primary N) is 1. The molecule has 1 fully saturated rings. The van der Waals surface area contributed by atoms with Crippen LogP contribution in [0.25, 0.3) is 0 Å². The van der Waals surface area contributed by atoms with Crippen LogP contribution in [0.15, 0.2) is 24.3 Å². The average Bonchev–Trinajstić information content (AvgIpc) is 2.48. The first-order valence-corrected chi connectivity index (χ1v) is 7.42. The van der Waals surface area contributed by atoms with E-state index in [-0.39, 0.29) is 5.91 Å². The summed E-state index contributed by atoms with van der Waals surface area (Å²) in [7, 11) is 1.80. The van der Waals surface area contributed by atoms with Crippen molar-refractivity contribution < 1.29 is 4.79 Å². The van der Waals surface area contributed by atoms with Gasteiger partial charge in [0.05, 0.1) is 6.04 Å². The zero-order valence-electron chi connectivity index (χ0n) is 12.5. The van der Waals surface area contributed by atoms with Gasteiger partial charge < -0.3 is 15.5 Å². The third kappa shape index (κ3) is 3.73. The lowest BCUT2D eigenvalue weighted by molar-refractivity contribution is -0.131. The molecule has 0 radical (unpaired) electrons. The number of carbonyl (C=O) groups excluding carboxylic acids is 1. The number of hydrogen-bond acceptors (Lipinski definition) is 3. The number of anilines is 1. The molecule has 0 spiro atoms. The summed E-state index contributed by atoms with van der Waals surface area (Å²) in [5.74, 6) is -0.0230. The fraction of sp³-hybridized carbons (Fsp3) is 0.562. The van der Waals surface area contributed by atoms with E-state index >= 15 is 0 Å². The van der Waals surface area contributed by atoms with Gasteiger partial charge >= 0.3 is 0 Å². The molecule has 20 heavy (non-hydrogen) atoms. The fourth-order valence-corrected chi connectivity index (χ4v) is 2.66. The first-order valence-electron chi connectivity index (χ1n) is 7.42. The van der Waals surface area contributed by atoms with Crippen LogP contribution >= 0.6 is 0 Å². The molecule has 4 heteroatoms. The van der Waals surface area contributed by atoms with Gasteiger partial charge in [-0.15, -0.1) is 0 Å². The van der Waals surface area contributed by atoms with Gasteiger partial charge in [0.1, 0.15) is 0 Å². The molecule has 0 bridgehead atoms. The van der Waals surface area contributed by atoms with Gasteiger partial charge in [-0.25, -0.2) is 0 Å². The molecule has 1 atom stereocenters. The summed E-state index contributed by atoms with van der Waals surface area (Å²) in [6.07, 6.45) is 3.92. The third-order valence-corrected chi connectivity index (χ3v) is 3.84. The van der Waals surface area contributed by atoms with Gasteiger partial charge in [0.25, 0.3) is 0 Å². The van der Waals surface area contributed by atoms with Crippen LogP contribution in [0, 0.1) is 0 Å². The number of carbonyl (C=O) groups is 1. The van der Waals surface area contributed by atoms with Crippen molar-refractivity contribution in [3.63, 3.8) is 0 Å². The van der Waals surface area contributed by atoms with Crippen LogP contribution in [0.1, 0.15) is 31.7 Å². The summed E-state index contributed by atoms with van der Waals surface area (Å²) >= 11 is 0. The van der Waals surface area contributed by atoms with E-state index in [0.29, 0.717) is 6.54 Å². The molecule has 1 aliphatic rings. The molecule has 1 aromatic rings. The first-order chi connectivity index (χ1) is 9.58. The number of benzene rings is 1. The molecule has 0 aliphatic carbocycles. The Morgan fingerprint density at radius 2 is 1.85 bits per heavy atom. The highest BCUT2D eigenvalue weighted by molar-refractivity contribution is 5.80. The Labute approximate surface area is 121 Å². The number of nitrogens with zero attached hydrogens (tertiary/aromatic N) is 2. The molecule has 2 rings (SSSR count). The standard InChI is InChI=1S/C16H25N3O/c1-13(17)16(20)18(2)12-14-6-8-15(9-7-14)19-10-4-3-5-11-19/h6-9,13H,3-5,10-12,17H2,1-2H3. The van der Waals surface area contributed by atoms with Crippen molar-refractivity contribution in [3.8, 4) is 0 Å². The van der Waals surface area contributed by atoms with E-state index in [9.17, 15) is 4.79 Å². The number of likely N-dealkylation sites (N-methyl/N-ethyl adjacent to an activating group) is 1. The van der Waals surface area contributed by atoms with Crippen LogP contribution in [0.2, 0.25) is 0 Å². The molecule has 1 heterocycles. The second-order valence-electron chi connectivity index (χ2n) is 5.70. The van der Waals surface area contributed by atoms with Gasteiger partial charge in [0.2, 0.25) is 5.91 Å². The highest BCUT2D eigenvalue weighted by Gasteiger charge is 2.14. The molecule has 110 valence electrons. The van der Waals surface area contributed by atoms with E-state index in [1.807, 2.05) is 0 Å². The molecule has 1 unspecified atom stereocenters. The molecule has 1 aromatic carbocycles. The number of rotatable bonds is 4. The fourth-order valence-electron chi connectivity index (χ4n) is 2.66. The summed E-state index contributed by atoms with van der Waals surface area (Å²) in [4.78, 5) is 15.9. The Morgan fingerprint density at radius 1 is 1.25 bits per heavy atom. The monoisotopic (exact) mass is 275 g/mol. The van der Waals surface area contributed by atoms with E-state index in [0.717, 1.165) is 18.7 Å². The van der Waals surface area contributed by atoms with Crippen molar-refractivity contribution in [3.05, 3.63) is 29.8 Å². The SMILES string of the molecule is CC(N)C(=O)N(C)Cc1ccc(N2CCCCC2)cc1. The summed E-state index contributed by atoms with van der Waals surface area (Å²) in [5.41, 5.74) is 8.04. The lowest BCUT2D eigenvalue weighted by atomic mass is 10.1. The van der Waals surface area contributed by atoms with Gasteiger partial charge in [-0.05, 0) is 43.9 Å². The highest BCUT2D eigenvalue weighted by atomic mass is 16.2. The molecule has 0 saturated carbocycles. The smallest absolute Gasteiger partial charge is 0.239 e. The molecular weight excluding hydrogens is 250 g/mol. The molecule has 1 aliphatic heterocycles. The molecule has 1 saturated heterocycles. The average molecular weight is 275 g/mol. The van der Waals surface area contributed by atoms with E-state index in [1.165, 1.54) is 24.9 Å². The van der Waals surface area contributed by atoms with Crippen molar-refractivity contribution in [2.24, 2.45) is 5.73 Å². The molecule has 2 N–H and O–H groups in total. The van der Waals surface area contributed by atoms with Gasteiger partial charge in [0.15, 0.2) is 0 Å².